The lowest BCUT2D eigenvalue weighted by atomic mass is 10.0. The monoisotopic (exact) mass is 279 g/mol. The highest BCUT2D eigenvalue weighted by molar-refractivity contribution is 8.00. The first-order chi connectivity index (χ1) is 8.90. The molecule has 0 heterocycles. The van der Waals surface area contributed by atoms with Gasteiger partial charge in [-0.2, -0.15) is 11.8 Å². The summed E-state index contributed by atoms with van der Waals surface area (Å²) in [5.41, 5.74) is 2.80. The SMILES string of the molecule is CCCNC(CSC(C)(C)C)Cc1cccc(C)c1. The maximum atomic E-state index is 3.69. The van der Waals surface area contributed by atoms with Crippen molar-refractivity contribution in [3.05, 3.63) is 35.4 Å². The third-order valence-electron chi connectivity index (χ3n) is 2.97. The van der Waals surface area contributed by atoms with Crippen LogP contribution in [0.4, 0.5) is 0 Å². The van der Waals surface area contributed by atoms with Crippen LogP contribution < -0.4 is 5.32 Å². The Balaban J connectivity index is 2.58. The summed E-state index contributed by atoms with van der Waals surface area (Å²) < 4.78 is 0.346. The first-order valence-corrected chi connectivity index (χ1v) is 8.32. The van der Waals surface area contributed by atoms with Crippen molar-refractivity contribution < 1.29 is 0 Å². The fourth-order valence-corrected chi connectivity index (χ4v) is 2.95. The van der Waals surface area contributed by atoms with E-state index in [1.165, 1.54) is 23.3 Å². The Kier molecular flexibility index (Phi) is 6.95. The molecular formula is C17H29NS. The van der Waals surface area contributed by atoms with Crippen molar-refractivity contribution in [1.82, 2.24) is 5.32 Å². The van der Waals surface area contributed by atoms with Crippen LogP contribution in [0.15, 0.2) is 24.3 Å². The smallest absolute Gasteiger partial charge is 0.0198 e. The maximum Gasteiger partial charge on any atom is 0.0198 e. The van der Waals surface area contributed by atoms with Crippen molar-refractivity contribution in [2.75, 3.05) is 12.3 Å². The fraction of sp³-hybridized carbons (Fsp3) is 0.647. The minimum absolute atomic E-state index is 0.346. The summed E-state index contributed by atoms with van der Waals surface area (Å²) in [6.07, 6.45) is 2.33. The maximum absolute atomic E-state index is 3.69. The minimum atomic E-state index is 0.346. The molecule has 0 spiro atoms. The molecule has 108 valence electrons. The predicted molar refractivity (Wildman–Crippen MR) is 89.2 cm³/mol. The van der Waals surface area contributed by atoms with Gasteiger partial charge in [-0.15, -0.1) is 0 Å². The highest BCUT2D eigenvalue weighted by Crippen LogP contribution is 2.24. The van der Waals surface area contributed by atoms with E-state index >= 15 is 0 Å². The van der Waals surface area contributed by atoms with Gasteiger partial charge >= 0.3 is 0 Å². The van der Waals surface area contributed by atoms with Gasteiger partial charge in [-0.05, 0) is 31.9 Å². The third kappa shape index (κ3) is 7.64. The molecule has 1 unspecified atom stereocenters. The molecule has 0 aromatic heterocycles. The van der Waals surface area contributed by atoms with Crippen LogP contribution in [-0.4, -0.2) is 23.1 Å². The van der Waals surface area contributed by atoms with Crippen molar-refractivity contribution in [3.8, 4) is 0 Å². The number of hydrogen-bond acceptors (Lipinski definition) is 2. The summed E-state index contributed by atoms with van der Waals surface area (Å²) in [4.78, 5) is 0. The van der Waals surface area contributed by atoms with Crippen molar-refractivity contribution in [2.45, 2.75) is 58.2 Å². The lowest BCUT2D eigenvalue weighted by molar-refractivity contribution is 0.548. The molecule has 0 amide bonds. The van der Waals surface area contributed by atoms with Crippen LogP contribution in [0.5, 0.6) is 0 Å². The zero-order chi connectivity index (χ0) is 14.3. The average molecular weight is 279 g/mol. The van der Waals surface area contributed by atoms with E-state index in [4.69, 9.17) is 0 Å². The van der Waals surface area contributed by atoms with Gasteiger partial charge in [0.2, 0.25) is 0 Å². The molecule has 1 nitrogen and oxygen atoms in total. The molecule has 1 aromatic carbocycles. The normalized spacial score (nSPS) is 13.5. The molecule has 1 N–H and O–H groups in total. The van der Waals surface area contributed by atoms with Gasteiger partial charge in [-0.25, -0.2) is 0 Å². The van der Waals surface area contributed by atoms with E-state index in [1.54, 1.807) is 0 Å². The van der Waals surface area contributed by atoms with Gasteiger partial charge < -0.3 is 5.32 Å². The summed E-state index contributed by atoms with van der Waals surface area (Å²) in [6.45, 7) is 12.4. The van der Waals surface area contributed by atoms with Crippen molar-refractivity contribution in [2.24, 2.45) is 0 Å². The number of nitrogens with one attached hydrogen (secondary N) is 1. The molecule has 0 aliphatic carbocycles. The van der Waals surface area contributed by atoms with E-state index < -0.39 is 0 Å². The van der Waals surface area contributed by atoms with E-state index in [9.17, 15) is 0 Å². The molecule has 1 rings (SSSR count). The zero-order valence-electron chi connectivity index (χ0n) is 13.1. The van der Waals surface area contributed by atoms with Gasteiger partial charge in [0.25, 0.3) is 0 Å². The van der Waals surface area contributed by atoms with Gasteiger partial charge in [-0.1, -0.05) is 57.5 Å². The highest BCUT2D eigenvalue weighted by atomic mass is 32.2. The standard InChI is InChI=1S/C17H29NS/c1-6-10-18-16(13-19-17(3,4)5)12-15-9-7-8-14(2)11-15/h7-9,11,16,18H,6,10,12-13H2,1-5H3. The predicted octanol–water partition coefficient (Wildman–Crippen LogP) is 4.44. The molecule has 1 aromatic rings. The average Bonchev–Trinajstić information content (AvgIpc) is 2.31. The van der Waals surface area contributed by atoms with Gasteiger partial charge in [0.15, 0.2) is 0 Å². The lowest BCUT2D eigenvalue weighted by Gasteiger charge is -2.24. The van der Waals surface area contributed by atoms with Crippen LogP contribution in [-0.2, 0) is 6.42 Å². The Bertz CT molecular complexity index is 368. The number of thioether (sulfide) groups is 1. The second-order valence-electron chi connectivity index (χ2n) is 6.27. The number of aryl methyl sites for hydroxylation is 1. The van der Waals surface area contributed by atoms with Gasteiger partial charge in [-0.3, -0.25) is 0 Å². The molecule has 0 aliphatic rings. The Hall–Kier alpha value is -0.470. The van der Waals surface area contributed by atoms with Crippen LogP contribution in [0.2, 0.25) is 0 Å². The molecule has 0 saturated heterocycles. The summed E-state index contributed by atoms with van der Waals surface area (Å²) in [5, 5.41) is 3.69. The van der Waals surface area contributed by atoms with Crippen LogP contribution in [0, 0.1) is 6.92 Å². The van der Waals surface area contributed by atoms with Crippen LogP contribution in [0.25, 0.3) is 0 Å². The quantitative estimate of drug-likeness (QED) is 0.792. The van der Waals surface area contributed by atoms with Crippen LogP contribution >= 0.6 is 11.8 Å². The fourth-order valence-electron chi connectivity index (χ4n) is 2.01. The number of rotatable bonds is 7. The van der Waals surface area contributed by atoms with Gasteiger partial charge in [0.1, 0.15) is 0 Å². The second-order valence-corrected chi connectivity index (χ2v) is 8.11. The van der Waals surface area contributed by atoms with Crippen molar-refractivity contribution in [3.63, 3.8) is 0 Å². The number of hydrogen-bond donors (Lipinski definition) is 1. The number of benzene rings is 1. The first kappa shape index (κ1) is 16.6. The summed E-state index contributed by atoms with van der Waals surface area (Å²) in [5.74, 6) is 1.18. The summed E-state index contributed by atoms with van der Waals surface area (Å²) >= 11 is 2.05. The van der Waals surface area contributed by atoms with Gasteiger partial charge in [0.05, 0.1) is 0 Å². The Morgan fingerprint density at radius 2 is 2.00 bits per heavy atom. The largest absolute Gasteiger partial charge is 0.313 e. The van der Waals surface area contributed by atoms with E-state index in [0.29, 0.717) is 10.8 Å². The van der Waals surface area contributed by atoms with E-state index in [0.717, 1.165) is 13.0 Å². The molecule has 0 bridgehead atoms. The van der Waals surface area contributed by atoms with Crippen molar-refractivity contribution in [1.29, 1.82) is 0 Å². The molecule has 0 aliphatic heterocycles. The topological polar surface area (TPSA) is 12.0 Å². The summed E-state index contributed by atoms with van der Waals surface area (Å²) in [6, 6.07) is 9.46. The molecule has 1 atom stereocenters. The Morgan fingerprint density at radius 3 is 2.58 bits per heavy atom. The molecule has 0 saturated carbocycles. The van der Waals surface area contributed by atoms with E-state index in [-0.39, 0.29) is 0 Å². The lowest BCUT2D eigenvalue weighted by Crippen LogP contribution is -2.35. The van der Waals surface area contributed by atoms with Crippen molar-refractivity contribution >= 4 is 11.8 Å². The molecule has 2 heteroatoms. The molecule has 0 fully saturated rings. The van der Waals surface area contributed by atoms with Gasteiger partial charge in [0, 0.05) is 16.5 Å². The molecule has 19 heavy (non-hydrogen) atoms. The molecular weight excluding hydrogens is 250 g/mol. The van der Waals surface area contributed by atoms with E-state index in [2.05, 4.69) is 76.0 Å². The second kappa shape index (κ2) is 7.96. The summed E-state index contributed by atoms with van der Waals surface area (Å²) in [7, 11) is 0. The van der Waals surface area contributed by atoms with E-state index in [1.807, 2.05) is 0 Å². The third-order valence-corrected chi connectivity index (χ3v) is 4.40. The zero-order valence-corrected chi connectivity index (χ0v) is 13.9. The van der Waals surface area contributed by atoms with Crippen LogP contribution in [0.3, 0.4) is 0 Å². The molecule has 0 radical (unpaired) electrons. The Morgan fingerprint density at radius 1 is 1.26 bits per heavy atom. The van der Waals surface area contributed by atoms with Crippen LogP contribution in [0.1, 0.15) is 45.2 Å². The minimum Gasteiger partial charge on any atom is -0.313 e. The Labute approximate surface area is 123 Å². The highest BCUT2D eigenvalue weighted by Gasteiger charge is 2.15. The first-order valence-electron chi connectivity index (χ1n) is 7.33.